The van der Waals surface area contributed by atoms with Crippen LogP contribution < -0.4 is 4.74 Å². The van der Waals surface area contributed by atoms with Crippen molar-refractivity contribution >= 4 is 0 Å². The summed E-state index contributed by atoms with van der Waals surface area (Å²) in [6.07, 6.45) is 2.14. The van der Waals surface area contributed by atoms with E-state index < -0.39 is 0 Å². The fourth-order valence-electron chi connectivity index (χ4n) is 3.44. The Bertz CT molecular complexity index is 417. The van der Waals surface area contributed by atoms with E-state index in [-0.39, 0.29) is 6.10 Å². The molecule has 2 fully saturated rings. The van der Waals surface area contributed by atoms with Gasteiger partial charge in [0.1, 0.15) is 12.4 Å². The lowest BCUT2D eigenvalue weighted by molar-refractivity contribution is 0.122. The second-order valence-electron chi connectivity index (χ2n) is 5.99. The van der Waals surface area contributed by atoms with Gasteiger partial charge in [-0.25, -0.2) is 0 Å². The lowest BCUT2D eigenvalue weighted by Gasteiger charge is -2.18. The van der Waals surface area contributed by atoms with Crippen LogP contribution in [0.25, 0.3) is 0 Å². The molecule has 0 spiro atoms. The maximum Gasteiger partial charge on any atom is 0.119 e. The van der Waals surface area contributed by atoms with Crippen LogP contribution >= 0.6 is 0 Å². The largest absolute Gasteiger partial charge is 0.492 e. The molecule has 1 aromatic carbocycles. The number of fused-ring (bicyclic) bond motifs is 1. The molecule has 1 aromatic rings. The van der Waals surface area contributed by atoms with E-state index in [1.54, 1.807) is 0 Å². The lowest BCUT2D eigenvalue weighted by Crippen LogP contribution is -2.28. The number of aliphatic hydroxyl groups is 1. The molecule has 1 saturated carbocycles. The molecule has 3 heteroatoms. The Morgan fingerprint density at radius 3 is 2.74 bits per heavy atom. The molecule has 3 rings (SSSR count). The van der Waals surface area contributed by atoms with E-state index in [9.17, 15) is 5.11 Å². The maximum atomic E-state index is 9.89. The van der Waals surface area contributed by atoms with Crippen molar-refractivity contribution in [3.05, 3.63) is 29.8 Å². The molecule has 1 aliphatic heterocycles. The Hall–Kier alpha value is -1.06. The number of rotatable bonds is 4. The van der Waals surface area contributed by atoms with Crippen LogP contribution in [0, 0.1) is 18.8 Å². The zero-order valence-corrected chi connectivity index (χ0v) is 11.6. The van der Waals surface area contributed by atoms with Gasteiger partial charge in [-0.05, 0) is 37.8 Å². The first-order valence-corrected chi connectivity index (χ1v) is 7.32. The first kappa shape index (κ1) is 12.9. The number of hydrogen-bond acceptors (Lipinski definition) is 3. The van der Waals surface area contributed by atoms with Crippen molar-refractivity contribution in [1.29, 1.82) is 0 Å². The molecule has 3 unspecified atom stereocenters. The highest BCUT2D eigenvalue weighted by atomic mass is 16.5. The number of benzene rings is 1. The number of likely N-dealkylation sites (tertiary alicyclic amines) is 1. The van der Waals surface area contributed by atoms with E-state index in [2.05, 4.69) is 24.0 Å². The highest BCUT2D eigenvalue weighted by Crippen LogP contribution is 2.37. The van der Waals surface area contributed by atoms with Crippen LogP contribution in [0.4, 0.5) is 0 Å². The van der Waals surface area contributed by atoms with Crippen molar-refractivity contribution < 1.29 is 9.84 Å². The fraction of sp³-hybridized carbons (Fsp3) is 0.625. The van der Waals surface area contributed by atoms with Crippen LogP contribution in [0.5, 0.6) is 5.75 Å². The molecule has 1 heterocycles. The summed E-state index contributed by atoms with van der Waals surface area (Å²) in [5.41, 5.74) is 1.26. The zero-order chi connectivity index (χ0) is 13.2. The van der Waals surface area contributed by atoms with Crippen LogP contribution in [0.3, 0.4) is 0 Å². The van der Waals surface area contributed by atoms with Crippen LogP contribution in [0.2, 0.25) is 0 Å². The summed E-state index contributed by atoms with van der Waals surface area (Å²) >= 11 is 0. The highest BCUT2D eigenvalue weighted by molar-refractivity contribution is 5.26. The second-order valence-corrected chi connectivity index (χ2v) is 5.99. The molecule has 3 nitrogen and oxygen atoms in total. The smallest absolute Gasteiger partial charge is 0.119 e. The van der Waals surface area contributed by atoms with Crippen LogP contribution in [0.1, 0.15) is 18.4 Å². The summed E-state index contributed by atoms with van der Waals surface area (Å²) in [7, 11) is 0. The van der Waals surface area contributed by atoms with Gasteiger partial charge in [0.2, 0.25) is 0 Å². The molecule has 0 aromatic heterocycles. The third-order valence-electron chi connectivity index (χ3n) is 4.59. The van der Waals surface area contributed by atoms with Crippen molar-refractivity contribution in [2.45, 2.75) is 25.9 Å². The average molecular weight is 261 g/mol. The Kier molecular flexibility index (Phi) is 3.76. The molecule has 0 radical (unpaired) electrons. The summed E-state index contributed by atoms with van der Waals surface area (Å²) in [4.78, 5) is 2.44. The minimum Gasteiger partial charge on any atom is -0.492 e. The van der Waals surface area contributed by atoms with Crippen molar-refractivity contribution in [2.24, 2.45) is 11.8 Å². The lowest BCUT2D eigenvalue weighted by atomic mass is 10.00. The van der Waals surface area contributed by atoms with Gasteiger partial charge in [0, 0.05) is 25.6 Å². The molecular weight excluding hydrogens is 238 g/mol. The summed E-state index contributed by atoms with van der Waals surface area (Å²) < 4.78 is 5.77. The standard InChI is InChI=1S/C16H23NO2/c1-12-2-5-14(6-3-12)19-9-8-17-10-13-4-7-16(18)15(13)11-17/h2-3,5-6,13,15-16,18H,4,7-11H2,1H3. The number of aryl methyl sites for hydroxylation is 1. The molecule has 1 aliphatic carbocycles. The predicted molar refractivity (Wildman–Crippen MR) is 75.3 cm³/mol. The minimum atomic E-state index is -0.0620. The van der Waals surface area contributed by atoms with Crippen LogP contribution in [-0.2, 0) is 0 Å². The van der Waals surface area contributed by atoms with Gasteiger partial charge < -0.3 is 9.84 Å². The van der Waals surface area contributed by atoms with Gasteiger partial charge in [-0.2, -0.15) is 0 Å². The van der Waals surface area contributed by atoms with E-state index >= 15 is 0 Å². The number of hydrogen-bond donors (Lipinski definition) is 1. The molecule has 104 valence electrons. The molecule has 3 atom stereocenters. The molecule has 19 heavy (non-hydrogen) atoms. The van der Waals surface area contributed by atoms with E-state index in [0.717, 1.165) is 44.3 Å². The van der Waals surface area contributed by atoms with Gasteiger partial charge in [0.25, 0.3) is 0 Å². The third-order valence-corrected chi connectivity index (χ3v) is 4.59. The molecule has 0 amide bonds. The Labute approximate surface area is 115 Å². The van der Waals surface area contributed by atoms with Crippen molar-refractivity contribution in [3.63, 3.8) is 0 Å². The number of nitrogens with zero attached hydrogens (tertiary/aromatic N) is 1. The third kappa shape index (κ3) is 2.93. The zero-order valence-electron chi connectivity index (χ0n) is 11.6. The minimum absolute atomic E-state index is 0.0620. The van der Waals surface area contributed by atoms with Crippen LogP contribution in [0.15, 0.2) is 24.3 Å². The molecule has 2 aliphatic rings. The van der Waals surface area contributed by atoms with Crippen LogP contribution in [-0.4, -0.2) is 42.4 Å². The molecule has 1 N–H and O–H groups in total. The highest BCUT2D eigenvalue weighted by Gasteiger charge is 2.41. The van der Waals surface area contributed by atoms with E-state index in [4.69, 9.17) is 4.74 Å². The van der Waals surface area contributed by atoms with E-state index in [0.29, 0.717) is 5.92 Å². The van der Waals surface area contributed by atoms with Crippen molar-refractivity contribution in [3.8, 4) is 5.75 Å². The second kappa shape index (κ2) is 5.51. The quantitative estimate of drug-likeness (QED) is 0.900. The SMILES string of the molecule is Cc1ccc(OCCN2CC3CCC(O)C3C2)cc1. The summed E-state index contributed by atoms with van der Waals surface area (Å²) in [6, 6.07) is 8.20. The summed E-state index contributed by atoms with van der Waals surface area (Å²) in [5, 5.41) is 9.89. The first-order valence-electron chi connectivity index (χ1n) is 7.32. The molecule has 1 saturated heterocycles. The fourth-order valence-corrected chi connectivity index (χ4v) is 3.44. The van der Waals surface area contributed by atoms with Gasteiger partial charge in [-0.1, -0.05) is 17.7 Å². The van der Waals surface area contributed by atoms with Gasteiger partial charge in [0.15, 0.2) is 0 Å². The first-order chi connectivity index (χ1) is 9.22. The van der Waals surface area contributed by atoms with Gasteiger partial charge in [0.05, 0.1) is 6.10 Å². The maximum absolute atomic E-state index is 9.89. The molecule has 0 bridgehead atoms. The normalized spacial score (nSPS) is 30.5. The number of aliphatic hydroxyl groups excluding tert-OH is 1. The Balaban J connectivity index is 1.43. The van der Waals surface area contributed by atoms with E-state index in [1.807, 2.05) is 12.1 Å². The Morgan fingerprint density at radius 2 is 2.00 bits per heavy atom. The van der Waals surface area contributed by atoms with E-state index in [1.165, 1.54) is 12.0 Å². The summed E-state index contributed by atoms with van der Waals surface area (Å²) in [6.45, 7) is 5.96. The van der Waals surface area contributed by atoms with Gasteiger partial charge in [-0.3, -0.25) is 4.90 Å². The van der Waals surface area contributed by atoms with Crippen molar-refractivity contribution in [1.82, 2.24) is 4.90 Å². The summed E-state index contributed by atoms with van der Waals surface area (Å²) in [5.74, 6) is 2.18. The predicted octanol–water partition coefficient (Wildman–Crippen LogP) is 2.08. The topological polar surface area (TPSA) is 32.7 Å². The van der Waals surface area contributed by atoms with Crippen molar-refractivity contribution in [2.75, 3.05) is 26.2 Å². The average Bonchev–Trinajstić information content (AvgIpc) is 2.95. The monoisotopic (exact) mass is 261 g/mol. The number of ether oxygens (including phenoxy) is 1. The van der Waals surface area contributed by atoms with Gasteiger partial charge in [-0.15, -0.1) is 0 Å². The molecular formula is C16H23NO2. The Morgan fingerprint density at radius 1 is 1.21 bits per heavy atom. The van der Waals surface area contributed by atoms with Gasteiger partial charge >= 0.3 is 0 Å².